The van der Waals surface area contributed by atoms with Gasteiger partial charge < -0.3 is 10.8 Å². The van der Waals surface area contributed by atoms with E-state index in [1.807, 2.05) is 0 Å². The number of hydrogen-bond acceptors (Lipinski definition) is 3. The molecule has 1 amide bonds. The number of nitrogens with two attached hydrogens (primary N) is 1. The highest BCUT2D eigenvalue weighted by Gasteiger charge is 2.38. The standard InChI is InChI=1S/C12H16N2O3/c1-2-12(11(16)17,14-8-10(13)15)9-6-4-3-5-7-9/h3-7,14H,2,8H2,1H3,(H2,13,15)(H,16,17). The molecular weight excluding hydrogens is 220 g/mol. The van der Waals surface area contributed by atoms with E-state index in [2.05, 4.69) is 5.32 Å². The van der Waals surface area contributed by atoms with Crippen LogP contribution in [0.2, 0.25) is 0 Å². The van der Waals surface area contributed by atoms with Crippen molar-refractivity contribution in [1.29, 1.82) is 0 Å². The molecule has 1 unspecified atom stereocenters. The Balaban J connectivity index is 3.09. The highest BCUT2D eigenvalue weighted by atomic mass is 16.4. The Morgan fingerprint density at radius 3 is 2.35 bits per heavy atom. The third-order valence-electron chi connectivity index (χ3n) is 2.73. The fraction of sp³-hybridized carbons (Fsp3) is 0.333. The SMILES string of the molecule is CCC(NCC(N)=O)(C(=O)O)c1ccccc1. The van der Waals surface area contributed by atoms with Crippen molar-refractivity contribution in [3.8, 4) is 0 Å². The van der Waals surface area contributed by atoms with E-state index < -0.39 is 17.4 Å². The molecule has 0 heterocycles. The molecule has 0 spiro atoms. The first-order valence-electron chi connectivity index (χ1n) is 5.35. The molecule has 0 saturated heterocycles. The molecule has 0 radical (unpaired) electrons. The summed E-state index contributed by atoms with van der Waals surface area (Å²) in [5.74, 6) is -1.60. The summed E-state index contributed by atoms with van der Waals surface area (Å²) >= 11 is 0. The Morgan fingerprint density at radius 2 is 1.94 bits per heavy atom. The zero-order valence-electron chi connectivity index (χ0n) is 9.64. The van der Waals surface area contributed by atoms with Gasteiger partial charge in [-0.3, -0.25) is 10.1 Å². The Labute approximate surface area is 99.6 Å². The van der Waals surface area contributed by atoms with Crippen molar-refractivity contribution in [1.82, 2.24) is 5.32 Å². The molecule has 0 aliphatic rings. The van der Waals surface area contributed by atoms with Gasteiger partial charge in [0.25, 0.3) is 0 Å². The predicted molar refractivity (Wildman–Crippen MR) is 63.2 cm³/mol. The smallest absolute Gasteiger partial charge is 0.328 e. The normalized spacial score (nSPS) is 13.9. The van der Waals surface area contributed by atoms with E-state index in [4.69, 9.17) is 5.73 Å². The lowest BCUT2D eigenvalue weighted by Crippen LogP contribution is -2.51. The Kier molecular flexibility index (Phi) is 4.23. The largest absolute Gasteiger partial charge is 0.480 e. The van der Waals surface area contributed by atoms with E-state index in [9.17, 15) is 14.7 Å². The number of primary amides is 1. The number of carboxylic acids is 1. The Morgan fingerprint density at radius 1 is 1.35 bits per heavy atom. The minimum Gasteiger partial charge on any atom is -0.480 e. The number of carbonyl (C=O) groups excluding carboxylic acids is 1. The zero-order chi connectivity index (χ0) is 12.9. The number of nitrogens with one attached hydrogen (secondary N) is 1. The second-order valence-electron chi connectivity index (χ2n) is 3.75. The van der Waals surface area contributed by atoms with Crippen LogP contribution in [-0.4, -0.2) is 23.5 Å². The highest BCUT2D eigenvalue weighted by Crippen LogP contribution is 2.25. The van der Waals surface area contributed by atoms with Crippen LogP contribution >= 0.6 is 0 Å². The zero-order valence-corrected chi connectivity index (χ0v) is 9.64. The Bertz CT molecular complexity index is 405. The maximum absolute atomic E-state index is 11.5. The molecule has 5 nitrogen and oxygen atoms in total. The molecule has 1 atom stereocenters. The average molecular weight is 236 g/mol. The molecule has 0 fully saturated rings. The molecule has 0 aromatic heterocycles. The van der Waals surface area contributed by atoms with Gasteiger partial charge >= 0.3 is 5.97 Å². The summed E-state index contributed by atoms with van der Waals surface area (Å²) in [5, 5.41) is 12.1. The number of hydrogen-bond donors (Lipinski definition) is 3. The Hall–Kier alpha value is -1.88. The molecule has 0 saturated carbocycles. The van der Waals surface area contributed by atoms with Crippen LogP contribution in [0, 0.1) is 0 Å². The quantitative estimate of drug-likeness (QED) is 0.668. The van der Waals surface area contributed by atoms with E-state index in [1.165, 1.54) is 0 Å². The van der Waals surface area contributed by atoms with Crippen molar-refractivity contribution in [2.75, 3.05) is 6.54 Å². The number of benzene rings is 1. The highest BCUT2D eigenvalue weighted by molar-refractivity contribution is 5.82. The summed E-state index contributed by atoms with van der Waals surface area (Å²) in [4.78, 5) is 22.2. The summed E-state index contributed by atoms with van der Waals surface area (Å²) in [6.07, 6.45) is 0.319. The van der Waals surface area contributed by atoms with E-state index in [-0.39, 0.29) is 6.54 Å². The van der Waals surface area contributed by atoms with Crippen LogP contribution in [0.1, 0.15) is 18.9 Å². The van der Waals surface area contributed by atoms with Crippen molar-refractivity contribution >= 4 is 11.9 Å². The van der Waals surface area contributed by atoms with Crippen LogP contribution in [0.3, 0.4) is 0 Å². The van der Waals surface area contributed by atoms with Gasteiger partial charge in [0.2, 0.25) is 5.91 Å². The number of rotatable bonds is 6. The molecule has 1 rings (SSSR count). The lowest BCUT2D eigenvalue weighted by molar-refractivity contribution is -0.145. The second-order valence-corrected chi connectivity index (χ2v) is 3.75. The molecule has 4 N–H and O–H groups in total. The molecule has 0 aliphatic carbocycles. The van der Waals surface area contributed by atoms with Crippen LogP contribution in [0.15, 0.2) is 30.3 Å². The van der Waals surface area contributed by atoms with Gasteiger partial charge in [-0.1, -0.05) is 37.3 Å². The number of carboxylic acid groups (broad SMARTS) is 1. The lowest BCUT2D eigenvalue weighted by atomic mass is 9.87. The first kappa shape index (κ1) is 13.2. The molecule has 5 heteroatoms. The summed E-state index contributed by atoms with van der Waals surface area (Å²) < 4.78 is 0. The molecule has 0 aliphatic heterocycles. The van der Waals surface area contributed by atoms with Crippen LogP contribution in [0.5, 0.6) is 0 Å². The molecule has 92 valence electrons. The van der Waals surface area contributed by atoms with Gasteiger partial charge in [-0.05, 0) is 12.0 Å². The van der Waals surface area contributed by atoms with E-state index in [0.29, 0.717) is 12.0 Å². The number of carbonyl (C=O) groups is 2. The van der Waals surface area contributed by atoms with Gasteiger partial charge in [0, 0.05) is 0 Å². The van der Waals surface area contributed by atoms with E-state index in [0.717, 1.165) is 0 Å². The van der Waals surface area contributed by atoms with Gasteiger partial charge in [-0.15, -0.1) is 0 Å². The number of amides is 1. The van der Waals surface area contributed by atoms with Crippen LogP contribution in [0.4, 0.5) is 0 Å². The fourth-order valence-electron chi connectivity index (χ4n) is 1.74. The minimum atomic E-state index is -1.27. The summed E-state index contributed by atoms with van der Waals surface area (Å²) in [6, 6.07) is 8.75. The predicted octanol–water partition coefficient (Wildman–Crippen LogP) is 0.451. The van der Waals surface area contributed by atoms with E-state index in [1.54, 1.807) is 37.3 Å². The molecule has 1 aromatic rings. The molecular formula is C12H16N2O3. The summed E-state index contributed by atoms with van der Waals surface area (Å²) in [7, 11) is 0. The van der Waals surface area contributed by atoms with Crippen molar-refractivity contribution in [2.45, 2.75) is 18.9 Å². The van der Waals surface area contributed by atoms with Crippen LogP contribution in [0.25, 0.3) is 0 Å². The summed E-state index contributed by atoms with van der Waals surface area (Å²) in [5.41, 5.74) is 4.38. The number of aliphatic carboxylic acids is 1. The van der Waals surface area contributed by atoms with Crippen LogP contribution < -0.4 is 11.1 Å². The van der Waals surface area contributed by atoms with E-state index >= 15 is 0 Å². The third-order valence-corrected chi connectivity index (χ3v) is 2.73. The lowest BCUT2D eigenvalue weighted by Gasteiger charge is -2.29. The van der Waals surface area contributed by atoms with Gasteiger partial charge in [-0.25, -0.2) is 4.79 Å². The maximum atomic E-state index is 11.5. The van der Waals surface area contributed by atoms with Gasteiger partial charge in [0.05, 0.1) is 6.54 Å². The fourth-order valence-corrected chi connectivity index (χ4v) is 1.74. The van der Waals surface area contributed by atoms with Gasteiger partial charge in [-0.2, -0.15) is 0 Å². The third kappa shape index (κ3) is 2.82. The monoisotopic (exact) mass is 236 g/mol. The first-order chi connectivity index (χ1) is 8.03. The summed E-state index contributed by atoms with van der Waals surface area (Å²) in [6.45, 7) is 1.57. The topological polar surface area (TPSA) is 92.4 Å². The van der Waals surface area contributed by atoms with Crippen molar-refractivity contribution in [3.63, 3.8) is 0 Å². The average Bonchev–Trinajstić information content (AvgIpc) is 2.31. The molecule has 1 aromatic carbocycles. The van der Waals surface area contributed by atoms with Crippen molar-refractivity contribution < 1.29 is 14.7 Å². The van der Waals surface area contributed by atoms with Gasteiger partial charge in [0.1, 0.15) is 5.54 Å². The second kappa shape index (κ2) is 5.45. The van der Waals surface area contributed by atoms with Crippen LogP contribution in [-0.2, 0) is 15.1 Å². The minimum absolute atomic E-state index is 0.172. The van der Waals surface area contributed by atoms with Gasteiger partial charge in [0.15, 0.2) is 0 Å². The first-order valence-corrected chi connectivity index (χ1v) is 5.35. The molecule has 0 bridgehead atoms. The van der Waals surface area contributed by atoms with Crippen molar-refractivity contribution in [3.05, 3.63) is 35.9 Å². The molecule has 17 heavy (non-hydrogen) atoms. The van der Waals surface area contributed by atoms with Crippen molar-refractivity contribution in [2.24, 2.45) is 5.73 Å². The maximum Gasteiger partial charge on any atom is 0.328 e.